The molecule has 0 unspecified atom stereocenters. The molecule has 1 aromatic carbocycles. The van der Waals surface area contributed by atoms with Crippen LogP contribution in [0.3, 0.4) is 0 Å². The molecular formula is C18H20N2O4. The van der Waals surface area contributed by atoms with Crippen molar-refractivity contribution in [2.75, 3.05) is 18.6 Å². The monoisotopic (exact) mass is 328 g/mol. The van der Waals surface area contributed by atoms with Crippen LogP contribution in [0.4, 0.5) is 5.69 Å². The van der Waals surface area contributed by atoms with Gasteiger partial charge in [-0.3, -0.25) is 4.79 Å². The van der Waals surface area contributed by atoms with Gasteiger partial charge in [0.2, 0.25) is 0 Å². The van der Waals surface area contributed by atoms with Crippen molar-refractivity contribution < 1.29 is 18.7 Å². The molecule has 24 heavy (non-hydrogen) atoms. The van der Waals surface area contributed by atoms with E-state index in [1.807, 2.05) is 12.1 Å². The highest BCUT2D eigenvalue weighted by Crippen LogP contribution is 2.33. The summed E-state index contributed by atoms with van der Waals surface area (Å²) in [5, 5.41) is 2.41. The molecule has 0 saturated carbocycles. The van der Waals surface area contributed by atoms with Crippen molar-refractivity contribution in [3.8, 4) is 0 Å². The molecular weight excluding hydrogens is 308 g/mol. The average molecular weight is 328 g/mol. The molecule has 2 heterocycles. The lowest BCUT2D eigenvalue weighted by Crippen LogP contribution is -2.29. The van der Waals surface area contributed by atoms with E-state index in [1.165, 1.54) is 18.9 Å². The van der Waals surface area contributed by atoms with Crippen molar-refractivity contribution in [2.45, 2.75) is 25.9 Å². The van der Waals surface area contributed by atoms with Crippen LogP contribution in [0.1, 0.15) is 28.6 Å². The van der Waals surface area contributed by atoms with Gasteiger partial charge in [0.25, 0.3) is 5.91 Å². The molecule has 1 aliphatic heterocycles. The van der Waals surface area contributed by atoms with Gasteiger partial charge < -0.3 is 19.4 Å². The number of benzene rings is 1. The second-order valence-electron chi connectivity index (χ2n) is 5.82. The van der Waals surface area contributed by atoms with Gasteiger partial charge in [0, 0.05) is 18.8 Å². The number of carbonyl (C=O) groups is 2. The lowest BCUT2D eigenvalue weighted by molar-refractivity contribution is -0.123. The van der Waals surface area contributed by atoms with Crippen LogP contribution in [0.5, 0.6) is 0 Å². The van der Waals surface area contributed by atoms with Gasteiger partial charge in [0.05, 0.1) is 12.8 Å². The summed E-state index contributed by atoms with van der Waals surface area (Å²) in [5.74, 6) is -0.363. The predicted molar refractivity (Wildman–Crippen MR) is 88.8 cm³/mol. The number of hydrogen-bond acceptors (Lipinski definition) is 5. The van der Waals surface area contributed by atoms with E-state index in [0.717, 1.165) is 12.1 Å². The Kier molecular flexibility index (Phi) is 4.55. The van der Waals surface area contributed by atoms with Gasteiger partial charge in [-0.05, 0) is 31.0 Å². The number of esters is 1. The highest BCUT2D eigenvalue weighted by atomic mass is 16.5. The Balaban J connectivity index is 1.74. The third-order valence-corrected chi connectivity index (χ3v) is 4.24. The summed E-state index contributed by atoms with van der Waals surface area (Å²) < 4.78 is 10.5. The zero-order valence-electron chi connectivity index (χ0n) is 13.7. The number of furan rings is 1. The van der Waals surface area contributed by atoms with Crippen LogP contribution in [0, 0.1) is 0 Å². The van der Waals surface area contributed by atoms with Crippen LogP contribution in [-0.2, 0) is 22.5 Å². The van der Waals surface area contributed by atoms with Crippen LogP contribution >= 0.6 is 0 Å². The van der Waals surface area contributed by atoms with Crippen LogP contribution in [0.25, 0.3) is 0 Å². The standard InChI is InChI=1S/C18H20N2O4/c1-12-9-13-5-3-4-6-15(13)20(12)10-16-14(7-8-23-16)18(22)24-11-17(21)19-2/h3-8,12H,9-11H2,1-2H3,(H,19,21)/t12-/m0/s1. The van der Waals surface area contributed by atoms with Gasteiger partial charge in [0.15, 0.2) is 6.61 Å². The molecule has 6 nitrogen and oxygen atoms in total. The Labute approximate surface area is 140 Å². The number of nitrogens with one attached hydrogen (secondary N) is 1. The smallest absolute Gasteiger partial charge is 0.342 e. The van der Waals surface area contributed by atoms with E-state index in [0.29, 0.717) is 23.9 Å². The lowest BCUT2D eigenvalue weighted by Gasteiger charge is -2.24. The first-order valence-corrected chi connectivity index (χ1v) is 7.88. The van der Waals surface area contributed by atoms with Crippen molar-refractivity contribution in [1.82, 2.24) is 5.32 Å². The van der Waals surface area contributed by atoms with E-state index in [1.54, 1.807) is 6.07 Å². The molecule has 3 rings (SSSR count). The van der Waals surface area contributed by atoms with Crippen molar-refractivity contribution in [3.05, 3.63) is 53.5 Å². The topological polar surface area (TPSA) is 71.8 Å². The average Bonchev–Trinajstić information content (AvgIpc) is 3.17. The molecule has 0 bridgehead atoms. The fraction of sp³-hybridized carbons (Fsp3) is 0.333. The first-order valence-electron chi connectivity index (χ1n) is 7.88. The maximum Gasteiger partial charge on any atom is 0.342 e. The minimum absolute atomic E-state index is 0.303. The second kappa shape index (κ2) is 6.78. The summed E-state index contributed by atoms with van der Waals surface area (Å²) in [6.45, 7) is 2.32. The van der Waals surface area contributed by atoms with Gasteiger partial charge in [-0.1, -0.05) is 18.2 Å². The number of nitrogens with zero attached hydrogens (tertiary/aromatic N) is 1. The van der Waals surface area contributed by atoms with Crippen LogP contribution in [0.2, 0.25) is 0 Å². The molecule has 1 aliphatic rings. The number of ether oxygens (including phenoxy) is 1. The molecule has 0 fully saturated rings. The molecule has 1 atom stereocenters. The third kappa shape index (κ3) is 3.13. The summed E-state index contributed by atoms with van der Waals surface area (Å²) in [4.78, 5) is 25.6. The van der Waals surface area contributed by atoms with E-state index in [4.69, 9.17) is 9.15 Å². The number of anilines is 1. The third-order valence-electron chi connectivity index (χ3n) is 4.24. The fourth-order valence-electron chi connectivity index (χ4n) is 2.95. The molecule has 0 radical (unpaired) electrons. The maximum absolute atomic E-state index is 12.2. The van der Waals surface area contributed by atoms with E-state index >= 15 is 0 Å². The molecule has 1 aromatic heterocycles. The molecule has 0 aliphatic carbocycles. The van der Waals surface area contributed by atoms with Crippen LogP contribution in [0.15, 0.2) is 41.0 Å². The summed E-state index contributed by atoms with van der Waals surface area (Å²) in [6, 6.07) is 10.1. The van der Waals surface area contributed by atoms with Gasteiger partial charge in [-0.15, -0.1) is 0 Å². The number of carbonyl (C=O) groups excluding carboxylic acids is 2. The van der Waals surface area contributed by atoms with E-state index < -0.39 is 5.97 Å². The first kappa shape index (κ1) is 16.1. The van der Waals surface area contributed by atoms with Crippen molar-refractivity contribution in [2.24, 2.45) is 0 Å². The zero-order valence-corrected chi connectivity index (χ0v) is 13.7. The molecule has 1 amide bonds. The lowest BCUT2D eigenvalue weighted by atomic mass is 10.1. The van der Waals surface area contributed by atoms with Gasteiger partial charge >= 0.3 is 5.97 Å². The van der Waals surface area contributed by atoms with Crippen molar-refractivity contribution >= 4 is 17.6 Å². The molecule has 0 saturated heterocycles. The molecule has 2 aromatic rings. The Morgan fingerprint density at radius 2 is 2.12 bits per heavy atom. The van der Waals surface area contributed by atoms with Crippen LogP contribution < -0.4 is 10.2 Å². The normalized spacial score (nSPS) is 15.9. The molecule has 1 N–H and O–H groups in total. The van der Waals surface area contributed by atoms with E-state index in [-0.39, 0.29) is 12.5 Å². The predicted octanol–water partition coefficient (Wildman–Crippen LogP) is 2.13. The van der Waals surface area contributed by atoms with Crippen molar-refractivity contribution in [3.63, 3.8) is 0 Å². The number of amides is 1. The van der Waals surface area contributed by atoms with E-state index in [2.05, 4.69) is 29.3 Å². The van der Waals surface area contributed by atoms with Crippen molar-refractivity contribution in [1.29, 1.82) is 0 Å². The molecule has 6 heteroatoms. The van der Waals surface area contributed by atoms with Gasteiger partial charge in [-0.2, -0.15) is 0 Å². The van der Waals surface area contributed by atoms with Gasteiger partial charge in [-0.25, -0.2) is 4.79 Å². The molecule has 0 spiro atoms. The second-order valence-corrected chi connectivity index (χ2v) is 5.82. The largest absolute Gasteiger partial charge is 0.467 e. The minimum Gasteiger partial charge on any atom is -0.467 e. The van der Waals surface area contributed by atoms with Gasteiger partial charge in [0.1, 0.15) is 11.3 Å². The molecule has 126 valence electrons. The first-order chi connectivity index (χ1) is 11.6. The Morgan fingerprint density at radius 1 is 1.33 bits per heavy atom. The highest BCUT2D eigenvalue weighted by molar-refractivity contribution is 5.92. The number of rotatable bonds is 5. The summed E-state index contributed by atoms with van der Waals surface area (Å²) in [5.41, 5.74) is 2.81. The zero-order chi connectivity index (χ0) is 17.1. The fourth-order valence-corrected chi connectivity index (χ4v) is 2.95. The summed E-state index contributed by atoms with van der Waals surface area (Å²) >= 11 is 0. The highest BCUT2D eigenvalue weighted by Gasteiger charge is 2.28. The Bertz CT molecular complexity index is 753. The summed E-state index contributed by atoms with van der Waals surface area (Å²) in [7, 11) is 1.49. The number of likely N-dealkylation sites (N-methyl/N-ethyl adjacent to an activating group) is 1. The Morgan fingerprint density at radius 3 is 2.92 bits per heavy atom. The number of para-hydroxylation sites is 1. The number of hydrogen-bond donors (Lipinski definition) is 1. The quantitative estimate of drug-likeness (QED) is 0.852. The van der Waals surface area contributed by atoms with E-state index in [9.17, 15) is 9.59 Å². The minimum atomic E-state index is -0.553. The SMILES string of the molecule is CNC(=O)COC(=O)c1ccoc1CN1c2ccccc2C[C@@H]1C. The Hall–Kier alpha value is -2.76. The number of fused-ring (bicyclic) bond motifs is 1. The summed E-state index contributed by atoms with van der Waals surface area (Å²) in [6.07, 6.45) is 2.44. The maximum atomic E-state index is 12.2. The van der Waals surface area contributed by atoms with Crippen LogP contribution in [-0.4, -0.2) is 31.6 Å².